The van der Waals surface area contributed by atoms with Gasteiger partial charge in [0.15, 0.2) is 5.75 Å². The summed E-state index contributed by atoms with van der Waals surface area (Å²) >= 11 is 9.07. The average molecular weight is 373 g/mol. The minimum atomic E-state index is -1.19. The van der Waals surface area contributed by atoms with Crippen molar-refractivity contribution in [2.24, 2.45) is 0 Å². The maximum Gasteiger partial charge on any atom is 0.339 e. The number of nitro groups is 1. The van der Waals surface area contributed by atoms with Crippen LogP contribution >= 0.6 is 27.5 Å². The minimum absolute atomic E-state index is 0.00990. The van der Waals surface area contributed by atoms with Gasteiger partial charge in [-0.1, -0.05) is 27.5 Å². The molecule has 2 aromatic carbocycles. The van der Waals surface area contributed by atoms with Crippen LogP contribution in [0.5, 0.6) is 11.5 Å². The molecule has 6 nitrogen and oxygen atoms in total. The van der Waals surface area contributed by atoms with Crippen molar-refractivity contribution in [3.05, 3.63) is 61.6 Å². The van der Waals surface area contributed by atoms with Gasteiger partial charge in [0.25, 0.3) is 5.69 Å². The molecule has 0 aromatic heterocycles. The van der Waals surface area contributed by atoms with Gasteiger partial charge in [-0.05, 0) is 24.3 Å². The van der Waals surface area contributed by atoms with E-state index in [0.29, 0.717) is 4.47 Å². The summed E-state index contributed by atoms with van der Waals surface area (Å²) in [6.45, 7) is 0. The lowest BCUT2D eigenvalue weighted by Crippen LogP contribution is -2.00. The molecule has 0 radical (unpaired) electrons. The molecule has 0 spiro atoms. The fourth-order valence-corrected chi connectivity index (χ4v) is 2.08. The largest absolute Gasteiger partial charge is 0.478 e. The number of hydrogen-bond acceptors (Lipinski definition) is 4. The number of carboxylic acid groups (broad SMARTS) is 1. The van der Waals surface area contributed by atoms with E-state index in [9.17, 15) is 14.9 Å². The van der Waals surface area contributed by atoms with E-state index in [4.69, 9.17) is 21.4 Å². The first-order valence-electron chi connectivity index (χ1n) is 5.53. The van der Waals surface area contributed by atoms with Crippen molar-refractivity contribution < 1.29 is 19.6 Å². The second kappa shape index (κ2) is 6.11. The Bertz CT molecular complexity index is 734. The summed E-state index contributed by atoms with van der Waals surface area (Å²) < 4.78 is 5.98. The molecule has 8 heteroatoms. The second-order valence-electron chi connectivity index (χ2n) is 3.92. The number of rotatable bonds is 4. The first-order chi connectivity index (χ1) is 9.88. The molecule has 2 aromatic rings. The Morgan fingerprint density at radius 2 is 1.95 bits per heavy atom. The smallest absolute Gasteiger partial charge is 0.339 e. The van der Waals surface area contributed by atoms with Crippen LogP contribution < -0.4 is 4.74 Å². The predicted molar refractivity (Wildman–Crippen MR) is 79.3 cm³/mol. The van der Waals surface area contributed by atoms with Crippen LogP contribution in [-0.4, -0.2) is 16.0 Å². The molecule has 0 saturated heterocycles. The SMILES string of the molecule is O=C(O)c1cc(Br)ccc1Oc1cc([N+](=O)[O-])ccc1Cl. The molecular formula is C13H7BrClNO5. The molecule has 0 aliphatic heterocycles. The van der Waals surface area contributed by atoms with E-state index < -0.39 is 10.9 Å². The highest BCUT2D eigenvalue weighted by Crippen LogP contribution is 2.35. The van der Waals surface area contributed by atoms with Gasteiger partial charge in [0.1, 0.15) is 11.3 Å². The molecule has 0 saturated carbocycles. The van der Waals surface area contributed by atoms with E-state index in [-0.39, 0.29) is 27.8 Å². The average Bonchev–Trinajstić information content (AvgIpc) is 2.42. The van der Waals surface area contributed by atoms with Crippen molar-refractivity contribution in [2.45, 2.75) is 0 Å². The van der Waals surface area contributed by atoms with Gasteiger partial charge in [-0.3, -0.25) is 10.1 Å². The number of aromatic carboxylic acids is 1. The molecule has 21 heavy (non-hydrogen) atoms. The zero-order chi connectivity index (χ0) is 15.6. The maximum atomic E-state index is 11.2. The lowest BCUT2D eigenvalue weighted by molar-refractivity contribution is -0.384. The Morgan fingerprint density at radius 1 is 1.24 bits per heavy atom. The van der Waals surface area contributed by atoms with Crippen LogP contribution in [0.2, 0.25) is 5.02 Å². The van der Waals surface area contributed by atoms with Crippen molar-refractivity contribution in [3.8, 4) is 11.5 Å². The van der Waals surface area contributed by atoms with Gasteiger partial charge in [0.05, 0.1) is 16.0 Å². The third-order valence-corrected chi connectivity index (χ3v) is 3.32. The summed E-state index contributed by atoms with van der Waals surface area (Å²) in [4.78, 5) is 21.3. The van der Waals surface area contributed by atoms with E-state index in [1.807, 2.05) is 0 Å². The first-order valence-corrected chi connectivity index (χ1v) is 6.70. The van der Waals surface area contributed by atoms with Crippen molar-refractivity contribution >= 4 is 39.2 Å². The summed E-state index contributed by atoms with van der Waals surface area (Å²) in [5.41, 5.74) is -0.296. The Morgan fingerprint density at radius 3 is 2.57 bits per heavy atom. The van der Waals surface area contributed by atoms with Crippen LogP contribution in [0.25, 0.3) is 0 Å². The quantitative estimate of drug-likeness (QED) is 0.630. The first kappa shape index (κ1) is 15.3. The highest BCUT2D eigenvalue weighted by atomic mass is 79.9. The van der Waals surface area contributed by atoms with Gasteiger partial charge in [0.2, 0.25) is 0 Å². The normalized spacial score (nSPS) is 10.2. The van der Waals surface area contributed by atoms with Crippen LogP contribution in [-0.2, 0) is 0 Å². The van der Waals surface area contributed by atoms with Gasteiger partial charge >= 0.3 is 5.97 Å². The Balaban J connectivity index is 2.45. The van der Waals surface area contributed by atoms with E-state index in [2.05, 4.69) is 15.9 Å². The summed E-state index contributed by atoms with van der Waals surface area (Å²) in [7, 11) is 0. The standard InChI is InChI=1S/C13H7BrClNO5/c14-7-1-4-11(9(5-7)13(17)18)21-12-6-8(16(19)20)2-3-10(12)15/h1-6H,(H,17,18). The Kier molecular flexibility index (Phi) is 4.44. The Labute approximate surface area is 132 Å². The highest BCUT2D eigenvalue weighted by molar-refractivity contribution is 9.10. The van der Waals surface area contributed by atoms with Crippen LogP contribution in [0.4, 0.5) is 5.69 Å². The third kappa shape index (κ3) is 3.50. The van der Waals surface area contributed by atoms with Gasteiger partial charge in [-0.2, -0.15) is 0 Å². The minimum Gasteiger partial charge on any atom is -0.478 e. The number of halogens is 2. The number of benzene rings is 2. The number of ether oxygens (including phenoxy) is 1. The van der Waals surface area contributed by atoms with Gasteiger partial charge in [0, 0.05) is 10.5 Å². The fraction of sp³-hybridized carbons (Fsp3) is 0. The molecule has 0 atom stereocenters. The molecular weight excluding hydrogens is 366 g/mol. The second-order valence-corrected chi connectivity index (χ2v) is 5.24. The van der Waals surface area contributed by atoms with Crippen molar-refractivity contribution in [2.75, 3.05) is 0 Å². The summed E-state index contributed by atoms with van der Waals surface area (Å²) in [6, 6.07) is 8.07. The molecule has 0 unspecified atom stereocenters. The monoisotopic (exact) mass is 371 g/mol. The zero-order valence-corrected chi connectivity index (χ0v) is 12.6. The summed E-state index contributed by atoms with van der Waals surface area (Å²) in [6.07, 6.45) is 0. The van der Waals surface area contributed by atoms with Crippen molar-refractivity contribution in [1.82, 2.24) is 0 Å². The van der Waals surface area contributed by atoms with Crippen LogP contribution in [0.3, 0.4) is 0 Å². The van der Waals surface area contributed by atoms with Gasteiger partial charge in [-0.15, -0.1) is 0 Å². The molecule has 1 N–H and O–H groups in total. The lowest BCUT2D eigenvalue weighted by atomic mass is 10.2. The van der Waals surface area contributed by atoms with E-state index in [1.165, 1.54) is 24.3 Å². The molecule has 108 valence electrons. The molecule has 0 aliphatic rings. The molecule has 0 aliphatic carbocycles. The molecule has 0 heterocycles. The predicted octanol–water partition coefficient (Wildman–Crippen LogP) is 4.50. The highest BCUT2D eigenvalue weighted by Gasteiger charge is 2.16. The van der Waals surface area contributed by atoms with Crippen LogP contribution in [0.1, 0.15) is 10.4 Å². The lowest BCUT2D eigenvalue weighted by Gasteiger charge is -2.10. The van der Waals surface area contributed by atoms with Crippen LogP contribution in [0.15, 0.2) is 40.9 Å². The van der Waals surface area contributed by atoms with Gasteiger partial charge < -0.3 is 9.84 Å². The zero-order valence-electron chi connectivity index (χ0n) is 10.2. The van der Waals surface area contributed by atoms with E-state index >= 15 is 0 Å². The van der Waals surface area contributed by atoms with Gasteiger partial charge in [-0.25, -0.2) is 4.79 Å². The number of carbonyl (C=O) groups is 1. The number of nitro benzene ring substituents is 1. The summed E-state index contributed by atoms with van der Waals surface area (Å²) in [5.74, 6) is -1.14. The number of carboxylic acids is 1. The molecule has 0 fully saturated rings. The van der Waals surface area contributed by atoms with E-state index in [1.54, 1.807) is 6.07 Å². The maximum absolute atomic E-state index is 11.2. The fourth-order valence-electron chi connectivity index (χ4n) is 1.56. The Hall–Kier alpha value is -2.12. The van der Waals surface area contributed by atoms with Crippen molar-refractivity contribution in [3.63, 3.8) is 0 Å². The van der Waals surface area contributed by atoms with E-state index in [0.717, 1.165) is 6.07 Å². The number of hydrogen-bond donors (Lipinski definition) is 1. The molecule has 0 amide bonds. The molecule has 2 rings (SSSR count). The van der Waals surface area contributed by atoms with Crippen molar-refractivity contribution in [1.29, 1.82) is 0 Å². The molecule has 0 bridgehead atoms. The van der Waals surface area contributed by atoms with Crippen LogP contribution in [0, 0.1) is 10.1 Å². The topological polar surface area (TPSA) is 89.7 Å². The summed E-state index contributed by atoms with van der Waals surface area (Å²) in [5, 5.41) is 20.0. The third-order valence-electron chi connectivity index (χ3n) is 2.52. The number of nitrogens with zero attached hydrogens (tertiary/aromatic N) is 1. The number of non-ortho nitro benzene ring substituents is 1.